The van der Waals surface area contributed by atoms with E-state index in [1.54, 1.807) is 0 Å². The molecule has 5 heteroatoms. The first kappa shape index (κ1) is 11.7. The average molecular weight is 312 g/mol. The Labute approximate surface area is 96.1 Å². The number of carboxylic acids is 1. The van der Waals surface area contributed by atoms with E-state index in [4.69, 9.17) is 9.84 Å². The van der Waals surface area contributed by atoms with Crippen LogP contribution in [0.2, 0.25) is 0 Å². The number of carboxylic acid groups (broad SMARTS) is 1. The summed E-state index contributed by atoms with van der Waals surface area (Å²) in [7, 11) is 0. The molecule has 1 N–H and O–H groups in total. The summed E-state index contributed by atoms with van der Waals surface area (Å²) < 4.78 is 5.44. The Bertz CT molecular complexity index is 229. The minimum absolute atomic E-state index is 0.188. The largest absolute Gasteiger partial charge is 0.481 e. The number of aliphatic carboxylic acids is 1. The van der Waals surface area contributed by atoms with E-state index in [2.05, 4.69) is 0 Å². The fourth-order valence-corrected chi connectivity index (χ4v) is 1.87. The summed E-state index contributed by atoms with van der Waals surface area (Å²) in [6, 6.07) is 0. The summed E-state index contributed by atoms with van der Waals surface area (Å²) >= 11 is 1.94. The molecule has 1 rings (SSSR count). The molecular formula is C9H13IO4. The third kappa shape index (κ3) is 3.43. The lowest BCUT2D eigenvalue weighted by molar-refractivity contribution is -0.153. The Hall–Kier alpha value is -0.330. The highest BCUT2D eigenvalue weighted by atomic mass is 127. The lowest BCUT2D eigenvalue weighted by Crippen LogP contribution is -2.29. The van der Waals surface area contributed by atoms with E-state index in [-0.39, 0.29) is 18.0 Å². The van der Waals surface area contributed by atoms with Crippen molar-refractivity contribution < 1.29 is 19.4 Å². The number of hydrogen-bond donors (Lipinski definition) is 1. The van der Waals surface area contributed by atoms with Gasteiger partial charge >= 0.3 is 11.9 Å². The number of carbonyl (C=O) groups is 2. The smallest absolute Gasteiger partial charge is 0.316 e. The molecule has 0 amide bonds. The summed E-state index contributed by atoms with van der Waals surface area (Å²) in [6.45, 7) is 0. The van der Waals surface area contributed by atoms with E-state index < -0.39 is 5.97 Å². The summed E-state index contributed by atoms with van der Waals surface area (Å²) in [4.78, 5) is 21.7. The zero-order chi connectivity index (χ0) is 10.6. The van der Waals surface area contributed by atoms with Crippen molar-refractivity contribution in [3.63, 3.8) is 0 Å². The number of esters is 1. The first-order valence-electron chi connectivity index (χ1n) is 4.61. The Morgan fingerprint density at radius 1 is 1.43 bits per heavy atom. The zero-order valence-corrected chi connectivity index (χ0v) is 9.90. The highest BCUT2D eigenvalue weighted by Crippen LogP contribution is 2.26. The average Bonchev–Trinajstić information content (AvgIpc) is 2.18. The number of halogens is 1. The summed E-state index contributed by atoms with van der Waals surface area (Å²) in [5.74, 6) is -1.36. The van der Waals surface area contributed by atoms with E-state index in [1.807, 2.05) is 22.6 Å². The quantitative estimate of drug-likeness (QED) is 0.488. The van der Waals surface area contributed by atoms with Gasteiger partial charge in [-0.2, -0.15) is 0 Å². The molecule has 1 saturated carbocycles. The van der Waals surface area contributed by atoms with Crippen LogP contribution in [0, 0.1) is 5.92 Å². The van der Waals surface area contributed by atoms with Crippen molar-refractivity contribution in [3.05, 3.63) is 0 Å². The van der Waals surface area contributed by atoms with Crippen LogP contribution in [0.5, 0.6) is 0 Å². The van der Waals surface area contributed by atoms with Crippen LogP contribution in [0.4, 0.5) is 0 Å². The van der Waals surface area contributed by atoms with Gasteiger partial charge in [-0.3, -0.25) is 9.59 Å². The molecule has 80 valence electrons. The first-order valence-corrected chi connectivity index (χ1v) is 6.14. The van der Waals surface area contributed by atoms with Crippen molar-refractivity contribution in [3.8, 4) is 0 Å². The predicted octanol–water partition coefficient (Wildman–Crippen LogP) is 1.61. The number of alkyl halides is 1. The van der Waals surface area contributed by atoms with Crippen LogP contribution in [-0.4, -0.2) is 27.6 Å². The molecule has 0 bridgehead atoms. The molecule has 1 fully saturated rings. The van der Waals surface area contributed by atoms with Gasteiger partial charge in [0.1, 0.15) is 6.10 Å². The van der Waals surface area contributed by atoms with E-state index in [9.17, 15) is 9.59 Å². The molecule has 0 aromatic carbocycles. The number of ether oxygens (including phenoxy) is 1. The van der Waals surface area contributed by atoms with E-state index in [0.29, 0.717) is 17.3 Å². The zero-order valence-electron chi connectivity index (χ0n) is 7.74. The van der Waals surface area contributed by atoms with Crippen molar-refractivity contribution in [2.75, 3.05) is 4.43 Å². The van der Waals surface area contributed by atoms with Gasteiger partial charge in [-0.15, -0.1) is 0 Å². The van der Waals surface area contributed by atoms with E-state index >= 15 is 0 Å². The Morgan fingerprint density at radius 3 is 2.71 bits per heavy atom. The van der Waals surface area contributed by atoms with Crippen molar-refractivity contribution in [2.45, 2.75) is 31.8 Å². The molecule has 0 aromatic heterocycles. The van der Waals surface area contributed by atoms with Gasteiger partial charge in [0.25, 0.3) is 0 Å². The molecule has 0 radical (unpaired) electrons. The van der Waals surface area contributed by atoms with Gasteiger partial charge < -0.3 is 9.84 Å². The van der Waals surface area contributed by atoms with Gasteiger partial charge in [-0.25, -0.2) is 0 Å². The van der Waals surface area contributed by atoms with Gasteiger partial charge in [0, 0.05) is 0 Å². The Morgan fingerprint density at radius 2 is 2.14 bits per heavy atom. The predicted molar refractivity (Wildman–Crippen MR) is 58.4 cm³/mol. The summed E-state index contributed by atoms with van der Waals surface area (Å²) in [5.41, 5.74) is 0. The molecule has 0 aromatic rings. The number of carbonyl (C=O) groups excluding carboxylic acids is 1. The van der Waals surface area contributed by atoms with Crippen LogP contribution in [-0.2, 0) is 14.3 Å². The van der Waals surface area contributed by atoms with Crippen LogP contribution >= 0.6 is 22.6 Å². The van der Waals surface area contributed by atoms with Gasteiger partial charge in [-0.1, -0.05) is 22.6 Å². The second kappa shape index (κ2) is 5.53. The fourth-order valence-electron chi connectivity index (χ4n) is 1.69. The fraction of sp³-hybridized carbons (Fsp3) is 0.778. The second-order valence-corrected chi connectivity index (χ2v) is 4.21. The van der Waals surface area contributed by atoms with Crippen molar-refractivity contribution in [1.29, 1.82) is 0 Å². The highest BCUT2D eigenvalue weighted by molar-refractivity contribution is 14.1. The van der Waals surface area contributed by atoms with Gasteiger partial charge in [0.05, 0.1) is 10.3 Å². The number of rotatable bonds is 3. The van der Waals surface area contributed by atoms with Crippen molar-refractivity contribution in [2.24, 2.45) is 5.92 Å². The maximum absolute atomic E-state index is 11.0. The molecule has 0 aliphatic heterocycles. The van der Waals surface area contributed by atoms with E-state index in [0.717, 1.165) is 12.8 Å². The lowest BCUT2D eigenvalue weighted by atomic mass is 9.87. The number of hydrogen-bond acceptors (Lipinski definition) is 3. The molecular weight excluding hydrogens is 299 g/mol. The maximum atomic E-state index is 11.0. The maximum Gasteiger partial charge on any atom is 0.316 e. The van der Waals surface area contributed by atoms with Crippen LogP contribution in [0.25, 0.3) is 0 Å². The Balaban J connectivity index is 2.40. The first-order chi connectivity index (χ1) is 6.63. The van der Waals surface area contributed by atoms with Crippen LogP contribution in [0.15, 0.2) is 0 Å². The summed E-state index contributed by atoms with van der Waals surface area (Å²) in [5, 5.41) is 8.81. The summed E-state index contributed by atoms with van der Waals surface area (Å²) in [6.07, 6.45) is 2.61. The van der Waals surface area contributed by atoms with Crippen molar-refractivity contribution >= 4 is 34.5 Å². The molecule has 1 aliphatic rings. The monoisotopic (exact) mass is 312 g/mol. The van der Waals surface area contributed by atoms with Crippen LogP contribution in [0.3, 0.4) is 0 Å². The molecule has 0 saturated heterocycles. The minimum atomic E-state index is -0.778. The molecule has 14 heavy (non-hydrogen) atoms. The Kier molecular flexibility index (Phi) is 4.64. The third-order valence-electron chi connectivity index (χ3n) is 2.38. The topological polar surface area (TPSA) is 63.6 Å². The molecule has 4 nitrogen and oxygen atoms in total. The lowest BCUT2D eigenvalue weighted by Gasteiger charge is -2.26. The van der Waals surface area contributed by atoms with Crippen LogP contribution in [0.1, 0.15) is 25.7 Å². The van der Waals surface area contributed by atoms with Gasteiger partial charge in [0.15, 0.2) is 0 Å². The van der Waals surface area contributed by atoms with Gasteiger partial charge in [0.2, 0.25) is 0 Å². The SMILES string of the molecule is O=C(CI)OC1CCCC(C(=O)O)C1. The van der Waals surface area contributed by atoms with Crippen molar-refractivity contribution in [1.82, 2.24) is 0 Å². The highest BCUT2D eigenvalue weighted by Gasteiger charge is 2.28. The molecule has 2 unspecified atom stereocenters. The minimum Gasteiger partial charge on any atom is -0.481 e. The van der Waals surface area contributed by atoms with Gasteiger partial charge in [-0.05, 0) is 25.7 Å². The molecule has 2 atom stereocenters. The molecule has 1 aliphatic carbocycles. The molecule has 0 heterocycles. The molecule has 0 spiro atoms. The van der Waals surface area contributed by atoms with E-state index in [1.165, 1.54) is 0 Å². The van der Waals surface area contributed by atoms with Crippen LogP contribution < -0.4 is 0 Å². The third-order valence-corrected chi connectivity index (χ3v) is 3.01. The normalized spacial score (nSPS) is 26.9. The second-order valence-electron chi connectivity index (χ2n) is 3.45. The standard InChI is InChI=1S/C9H13IO4/c10-5-8(11)14-7-3-1-2-6(4-7)9(12)13/h6-7H,1-5H2,(H,12,13).